The van der Waals surface area contributed by atoms with Gasteiger partial charge in [-0.05, 0) is 18.2 Å². The van der Waals surface area contributed by atoms with Crippen LogP contribution in [0.15, 0.2) is 23.1 Å². The molecular weight excluding hydrogens is 284 g/mol. The summed E-state index contributed by atoms with van der Waals surface area (Å²) >= 11 is 0. The highest BCUT2D eigenvalue weighted by Crippen LogP contribution is 2.25. The number of ether oxygens (including phenoxy) is 1. The van der Waals surface area contributed by atoms with E-state index in [9.17, 15) is 13.2 Å². The third kappa shape index (κ3) is 3.69. The van der Waals surface area contributed by atoms with Crippen LogP contribution in [-0.2, 0) is 14.8 Å². The van der Waals surface area contributed by atoms with Crippen LogP contribution in [-0.4, -0.2) is 58.2 Å². The van der Waals surface area contributed by atoms with Crippen molar-refractivity contribution >= 4 is 21.7 Å². The van der Waals surface area contributed by atoms with E-state index in [2.05, 4.69) is 5.32 Å². The Kier molecular flexibility index (Phi) is 5.49. The molecule has 0 unspecified atom stereocenters. The zero-order chi connectivity index (χ0) is 15.3. The van der Waals surface area contributed by atoms with Crippen molar-refractivity contribution in [2.24, 2.45) is 0 Å². The van der Waals surface area contributed by atoms with E-state index < -0.39 is 16.0 Å². The van der Waals surface area contributed by atoms with Crippen LogP contribution in [0, 0.1) is 0 Å². The standard InChI is InChI=1S/C12H18N2O5S/c1-14(2)20(17,18)11-8-9(12(15)16)4-5-10(11)13-6-7-19-3/h4-5,8,13H,6-7H2,1-3H3,(H,15,16). The van der Waals surface area contributed by atoms with Gasteiger partial charge >= 0.3 is 5.97 Å². The lowest BCUT2D eigenvalue weighted by molar-refractivity contribution is 0.0696. The largest absolute Gasteiger partial charge is 0.478 e. The molecule has 112 valence electrons. The quantitative estimate of drug-likeness (QED) is 0.720. The molecule has 2 N–H and O–H groups in total. The SMILES string of the molecule is COCCNc1ccc(C(=O)O)cc1S(=O)(=O)N(C)C. The van der Waals surface area contributed by atoms with Crippen LogP contribution in [0.3, 0.4) is 0 Å². The maximum atomic E-state index is 12.2. The van der Waals surface area contributed by atoms with Gasteiger partial charge in [-0.3, -0.25) is 0 Å². The van der Waals surface area contributed by atoms with Crippen LogP contribution in [0.25, 0.3) is 0 Å². The number of carboxylic acids is 1. The Morgan fingerprint density at radius 3 is 2.55 bits per heavy atom. The number of rotatable bonds is 7. The summed E-state index contributed by atoms with van der Waals surface area (Å²) < 4.78 is 30.4. The summed E-state index contributed by atoms with van der Waals surface area (Å²) in [5.74, 6) is -1.18. The van der Waals surface area contributed by atoms with Crippen molar-refractivity contribution < 1.29 is 23.1 Å². The van der Waals surface area contributed by atoms with Gasteiger partial charge in [-0.25, -0.2) is 17.5 Å². The van der Waals surface area contributed by atoms with Gasteiger partial charge in [0, 0.05) is 27.7 Å². The van der Waals surface area contributed by atoms with E-state index >= 15 is 0 Å². The number of aromatic carboxylic acids is 1. The minimum atomic E-state index is -3.73. The van der Waals surface area contributed by atoms with E-state index in [-0.39, 0.29) is 10.5 Å². The number of sulfonamides is 1. The van der Waals surface area contributed by atoms with Gasteiger partial charge in [0.2, 0.25) is 10.0 Å². The van der Waals surface area contributed by atoms with E-state index in [1.165, 1.54) is 33.3 Å². The van der Waals surface area contributed by atoms with Gasteiger partial charge < -0.3 is 15.2 Å². The van der Waals surface area contributed by atoms with Crippen LogP contribution in [0.4, 0.5) is 5.69 Å². The fraction of sp³-hybridized carbons (Fsp3) is 0.417. The third-order valence-corrected chi connectivity index (χ3v) is 4.46. The first kappa shape index (κ1) is 16.4. The maximum Gasteiger partial charge on any atom is 0.335 e. The number of carboxylic acid groups (broad SMARTS) is 1. The molecule has 0 saturated heterocycles. The number of anilines is 1. The van der Waals surface area contributed by atoms with Crippen LogP contribution in [0.2, 0.25) is 0 Å². The molecule has 0 atom stereocenters. The Morgan fingerprint density at radius 2 is 2.05 bits per heavy atom. The molecule has 0 bridgehead atoms. The zero-order valence-corrected chi connectivity index (χ0v) is 12.4. The lowest BCUT2D eigenvalue weighted by Gasteiger charge is -2.16. The molecule has 0 radical (unpaired) electrons. The first-order valence-corrected chi connectivity index (χ1v) is 7.27. The molecule has 0 aromatic heterocycles. The average Bonchev–Trinajstić information content (AvgIpc) is 2.38. The molecular formula is C12H18N2O5S. The number of benzene rings is 1. The van der Waals surface area contributed by atoms with E-state index in [1.54, 1.807) is 0 Å². The molecule has 0 spiro atoms. The Hall–Kier alpha value is -1.64. The second kappa shape index (κ2) is 6.69. The molecule has 0 saturated carbocycles. The molecule has 1 aromatic rings. The molecule has 0 aliphatic rings. The van der Waals surface area contributed by atoms with Crippen molar-refractivity contribution in [3.8, 4) is 0 Å². The van der Waals surface area contributed by atoms with Crippen molar-refractivity contribution in [3.63, 3.8) is 0 Å². The van der Waals surface area contributed by atoms with Crippen LogP contribution < -0.4 is 5.32 Å². The van der Waals surface area contributed by atoms with Crippen molar-refractivity contribution in [1.82, 2.24) is 4.31 Å². The molecule has 0 aliphatic carbocycles. The topological polar surface area (TPSA) is 95.9 Å². The lowest BCUT2D eigenvalue weighted by atomic mass is 10.2. The van der Waals surface area contributed by atoms with E-state index in [0.29, 0.717) is 18.8 Å². The fourth-order valence-corrected chi connectivity index (χ4v) is 2.59. The predicted octanol–water partition coefficient (Wildman–Crippen LogP) is 0.693. The summed E-state index contributed by atoms with van der Waals surface area (Å²) in [6, 6.07) is 3.94. The van der Waals surface area contributed by atoms with Crippen LogP contribution in [0.5, 0.6) is 0 Å². The van der Waals surface area contributed by atoms with E-state index in [0.717, 1.165) is 10.4 Å². The van der Waals surface area contributed by atoms with Gasteiger partial charge in [0.15, 0.2) is 0 Å². The highest BCUT2D eigenvalue weighted by Gasteiger charge is 2.22. The molecule has 0 heterocycles. The first-order chi connectivity index (χ1) is 9.30. The summed E-state index contributed by atoms with van der Waals surface area (Å²) in [5.41, 5.74) is 0.267. The highest BCUT2D eigenvalue weighted by atomic mass is 32.2. The lowest BCUT2D eigenvalue weighted by Crippen LogP contribution is -2.24. The maximum absolute atomic E-state index is 12.2. The summed E-state index contributed by atoms with van der Waals surface area (Å²) in [7, 11) is 0.582. The number of carbonyl (C=O) groups is 1. The molecule has 0 aliphatic heterocycles. The average molecular weight is 302 g/mol. The van der Waals surface area contributed by atoms with Gasteiger partial charge in [-0.1, -0.05) is 0 Å². The minimum Gasteiger partial charge on any atom is -0.478 e. The van der Waals surface area contributed by atoms with Gasteiger partial charge in [-0.2, -0.15) is 0 Å². The van der Waals surface area contributed by atoms with Crippen molar-refractivity contribution in [1.29, 1.82) is 0 Å². The molecule has 8 heteroatoms. The predicted molar refractivity (Wildman–Crippen MR) is 74.6 cm³/mol. The number of methoxy groups -OCH3 is 1. The number of hydrogen-bond donors (Lipinski definition) is 2. The smallest absolute Gasteiger partial charge is 0.335 e. The highest BCUT2D eigenvalue weighted by molar-refractivity contribution is 7.89. The van der Waals surface area contributed by atoms with Crippen LogP contribution >= 0.6 is 0 Å². The van der Waals surface area contributed by atoms with Crippen molar-refractivity contribution in [2.45, 2.75) is 4.90 Å². The zero-order valence-electron chi connectivity index (χ0n) is 11.6. The fourth-order valence-electron chi connectivity index (χ4n) is 1.50. The first-order valence-electron chi connectivity index (χ1n) is 5.83. The Bertz CT molecular complexity index is 584. The van der Waals surface area contributed by atoms with Crippen molar-refractivity contribution in [3.05, 3.63) is 23.8 Å². The van der Waals surface area contributed by atoms with E-state index in [4.69, 9.17) is 9.84 Å². The number of nitrogens with one attached hydrogen (secondary N) is 1. The number of hydrogen-bond acceptors (Lipinski definition) is 5. The minimum absolute atomic E-state index is 0.0708. The van der Waals surface area contributed by atoms with Gasteiger partial charge in [0.1, 0.15) is 4.90 Å². The number of nitrogens with zero attached hydrogens (tertiary/aromatic N) is 1. The second-order valence-corrected chi connectivity index (χ2v) is 6.34. The summed E-state index contributed by atoms with van der Waals surface area (Å²) in [4.78, 5) is 10.9. The third-order valence-electron chi connectivity index (χ3n) is 2.61. The molecule has 20 heavy (non-hydrogen) atoms. The van der Waals surface area contributed by atoms with Gasteiger partial charge in [0.05, 0.1) is 17.9 Å². The second-order valence-electron chi connectivity index (χ2n) is 4.22. The van der Waals surface area contributed by atoms with Gasteiger partial charge in [-0.15, -0.1) is 0 Å². The van der Waals surface area contributed by atoms with Gasteiger partial charge in [0.25, 0.3) is 0 Å². The summed E-state index contributed by atoms with van der Waals surface area (Å²) in [6.07, 6.45) is 0. The Balaban J connectivity index is 3.27. The molecule has 0 amide bonds. The summed E-state index contributed by atoms with van der Waals surface area (Å²) in [5, 5.41) is 11.9. The van der Waals surface area contributed by atoms with Crippen molar-refractivity contribution in [2.75, 3.05) is 39.7 Å². The monoisotopic (exact) mass is 302 g/mol. The Morgan fingerprint density at radius 1 is 1.40 bits per heavy atom. The molecule has 1 aromatic carbocycles. The molecule has 0 fully saturated rings. The van der Waals surface area contributed by atoms with Crippen LogP contribution in [0.1, 0.15) is 10.4 Å². The summed E-state index contributed by atoms with van der Waals surface area (Å²) in [6.45, 7) is 0.820. The normalized spacial score (nSPS) is 11.6. The molecule has 1 rings (SSSR count). The molecule has 7 nitrogen and oxygen atoms in total. The Labute approximate surface area is 118 Å². The van der Waals surface area contributed by atoms with E-state index in [1.807, 2.05) is 0 Å².